The molecule has 2 aromatic rings. The van der Waals surface area contributed by atoms with Crippen LogP contribution in [-0.4, -0.2) is 56.8 Å². The van der Waals surface area contributed by atoms with Crippen LogP contribution in [0.4, 0.5) is 17.2 Å². The molecule has 1 unspecified atom stereocenters. The Hall–Kier alpha value is -3.11. The fraction of sp³-hybridized carbons (Fsp3) is 0.389. The monoisotopic (exact) mass is 385 g/mol. The lowest BCUT2D eigenvalue weighted by molar-refractivity contribution is 0.122. The van der Waals surface area contributed by atoms with Gasteiger partial charge in [-0.3, -0.25) is 5.73 Å². The molecule has 0 aliphatic carbocycles. The van der Waals surface area contributed by atoms with E-state index in [1.807, 2.05) is 0 Å². The third kappa shape index (κ3) is 3.06. The predicted octanol–water partition coefficient (Wildman–Crippen LogP) is 0.526. The van der Waals surface area contributed by atoms with Crippen LogP contribution in [0.3, 0.4) is 0 Å². The van der Waals surface area contributed by atoms with Gasteiger partial charge in [-0.15, -0.1) is 0 Å². The number of methoxy groups -OCH3 is 2. The summed E-state index contributed by atoms with van der Waals surface area (Å²) in [4.78, 5) is 15.8. The van der Waals surface area contributed by atoms with Crippen molar-refractivity contribution in [3.8, 4) is 11.6 Å². The fourth-order valence-corrected chi connectivity index (χ4v) is 3.30. The Morgan fingerprint density at radius 2 is 1.93 bits per heavy atom. The molecular formula is C18H23N7O3. The summed E-state index contributed by atoms with van der Waals surface area (Å²) in [5.41, 5.74) is 13.3. The average Bonchev–Trinajstić information content (AvgIpc) is 2.74. The van der Waals surface area contributed by atoms with Crippen LogP contribution in [0, 0.1) is 0 Å². The van der Waals surface area contributed by atoms with Crippen molar-refractivity contribution in [2.24, 2.45) is 10.7 Å². The minimum absolute atomic E-state index is 0.317. The standard InChI is InChI=1S/C18H23N7O3/c1-26-14-8-13-11(7-12(14)19)18(20,22-10-21-13)17-23-15(9-16(24-17)27-2)25-3-5-28-6-4-25/h7-10H,3-6,19-20H2,1-2H3,(H,21,22). The first-order chi connectivity index (χ1) is 13.5. The van der Waals surface area contributed by atoms with E-state index in [0.29, 0.717) is 47.7 Å². The maximum Gasteiger partial charge on any atom is 0.218 e. The zero-order chi connectivity index (χ0) is 19.7. The molecule has 2 aliphatic rings. The van der Waals surface area contributed by atoms with Gasteiger partial charge >= 0.3 is 0 Å². The molecule has 2 aliphatic heterocycles. The molecule has 3 heterocycles. The van der Waals surface area contributed by atoms with Gasteiger partial charge in [0, 0.05) is 30.8 Å². The molecule has 0 radical (unpaired) electrons. The topological polar surface area (TPSA) is 133 Å². The Morgan fingerprint density at radius 3 is 2.64 bits per heavy atom. The van der Waals surface area contributed by atoms with Gasteiger partial charge in [0.15, 0.2) is 11.5 Å². The summed E-state index contributed by atoms with van der Waals surface area (Å²) in [6.45, 7) is 2.72. The van der Waals surface area contributed by atoms with E-state index in [1.54, 1.807) is 32.4 Å². The van der Waals surface area contributed by atoms with E-state index < -0.39 is 5.66 Å². The van der Waals surface area contributed by atoms with Crippen LogP contribution in [0.25, 0.3) is 0 Å². The Kier molecular flexibility index (Phi) is 4.65. The highest BCUT2D eigenvalue weighted by atomic mass is 16.5. The van der Waals surface area contributed by atoms with Gasteiger partial charge < -0.3 is 30.2 Å². The van der Waals surface area contributed by atoms with Gasteiger partial charge in [-0.05, 0) is 6.07 Å². The molecule has 10 nitrogen and oxygen atoms in total. The molecule has 1 saturated heterocycles. The molecule has 0 bridgehead atoms. The second-order valence-electron chi connectivity index (χ2n) is 6.50. The number of nitrogen functional groups attached to an aromatic ring is 1. The first kappa shape index (κ1) is 18.3. The third-order valence-electron chi connectivity index (χ3n) is 4.84. The highest BCUT2D eigenvalue weighted by Gasteiger charge is 2.38. The lowest BCUT2D eigenvalue weighted by atomic mass is 9.95. The van der Waals surface area contributed by atoms with E-state index in [0.717, 1.165) is 18.8 Å². The number of aromatic nitrogens is 2. The minimum Gasteiger partial charge on any atom is -0.495 e. The first-order valence-corrected chi connectivity index (χ1v) is 8.88. The highest BCUT2D eigenvalue weighted by Crippen LogP contribution is 2.40. The van der Waals surface area contributed by atoms with Gasteiger partial charge in [0.1, 0.15) is 11.6 Å². The number of benzene rings is 1. The molecule has 28 heavy (non-hydrogen) atoms. The smallest absolute Gasteiger partial charge is 0.218 e. The minimum atomic E-state index is -1.32. The third-order valence-corrected chi connectivity index (χ3v) is 4.84. The number of hydrogen-bond acceptors (Lipinski definition) is 10. The molecule has 1 fully saturated rings. The van der Waals surface area contributed by atoms with E-state index in [1.165, 1.54) is 6.34 Å². The number of aliphatic imine (C=N–C) groups is 1. The predicted molar refractivity (Wildman–Crippen MR) is 106 cm³/mol. The molecule has 4 rings (SSSR count). The molecule has 5 N–H and O–H groups in total. The number of nitrogens with zero attached hydrogens (tertiary/aromatic N) is 4. The van der Waals surface area contributed by atoms with Crippen molar-refractivity contribution >= 4 is 23.5 Å². The summed E-state index contributed by atoms with van der Waals surface area (Å²) in [7, 11) is 3.12. The summed E-state index contributed by atoms with van der Waals surface area (Å²) in [5, 5.41) is 3.08. The highest BCUT2D eigenvalue weighted by molar-refractivity contribution is 5.84. The lowest BCUT2D eigenvalue weighted by Gasteiger charge is -2.32. The molecule has 1 aromatic carbocycles. The Morgan fingerprint density at radius 1 is 1.14 bits per heavy atom. The van der Waals surface area contributed by atoms with E-state index in [4.69, 9.17) is 30.7 Å². The second kappa shape index (κ2) is 7.13. The van der Waals surface area contributed by atoms with Crippen LogP contribution in [-0.2, 0) is 10.4 Å². The molecule has 148 valence electrons. The van der Waals surface area contributed by atoms with Crippen LogP contribution in [0.2, 0.25) is 0 Å². The number of anilines is 3. The lowest BCUT2D eigenvalue weighted by Crippen LogP contribution is -2.42. The maximum atomic E-state index is 6.72. The van der Waals surface area contributed by atoms with Crippen LogP contribution >= 0.6 is 0 Å². The Bertz CT molecular complexity index is 914. The molecule has 10 heteroatoms. The number of nitrogens with two attached hydrogens (primary N) is 2. The van der Waals surface area contributed by atoms with Crippen LogP contribution in [0.15, 0.2) is 23.2 Å². The van der Waals surface area contributed by atoms with E-state index in [9.17, 15) is 0 Å². The van der Waals surface area contributed by atoms with Gasteiger partial charge in [-0.2, -0.15) is 4.98 Å². The molecule has 1 aromatic heterocycles. The summed E-state index contributed by atoms with van der Waals surface area (Å²) in [5.74, 6) is 1.99. The van der Waals surface area contributed by atoms with Crippen molar-refractivity contribution in [2.45, 2.75) is 5.66 Å². The SMILES string of the molecule is COc1cc(N2CCOCC2)nc(C2(N)N=CNc3cc(OC)c(N)cc32)n1. The van der Waals surface area contributed by atoms with Crippen LogP contribution in [0.5, 0.6) is 11.6 Å². The number of rotatable bonds is 4. The second-order valence-corrected chi connectivity index (χ2v) is 6.50. The summed E-state index contributed by atoms with van der Waals surface area (Å²) in [6.07, 6.45) is 1.52. The van der Waals surface area contributed by atoms with Crippen molar-refractivity contribution in [1.29, 1.82) is 0 Å². The number of nitrogens with one attached hydrogen (secondary N) is 1. The fourth-order valence-electron chi connectivity index (χ4n) is 3.30. The first-order valence-electron chi connectivity index (χ1n) is 8.88. The summed E-state index contributed by atoms with van der Waals surface area (Å²) < 4.78 is 16.1. The number of hydrogen-bond donors (Lipinski definition) is 3. The van der Waals surface area contributed by atoms with Crippen LogP contribution in [0.1, 0.15) is 11.4 Å². The summed E-state index contributed by atoms with van der Waals surface area (Å²) >= 11 is 0. The van der Waals surface area contributed by atoms with Crippen LogP contribution < -0.4 is 31.2 Å². The van der Waals surface area contributed by atoms with Crippen molar-refractivity contribution in [3.63, 3.8) is 0 Å². The normalized spacial score (nSPS) is 21.0. The Balaban J connectivity index is 1.83. The number of ether oxygens (including phenoxy) is 3. The quantitative estimate of drug-likeness (QED) is 0.644. The van der Waals surface area contributed by atoms with Crippen molar-refractivity contribution < 1.29 is 14.2 Å². The van der Waals surface area contributed by atoms with Crippen molar-refractivity contribution in [2.75, 3.05) is 56.5 Å². The van der Waals surface area contributed by atoms with Crippen molar-refractivity contribution in [3.05, 3.63) is 29.6 Å². The van der Waals surface area contributed by atoms with Gasteiger partial charge in [-0.25, -0.2) is 9.98 Å². The number of fused-ring (bicyclic) bond motifs is 1. The molecule has 0 spiro atoms. The van der Waals surface area contributed by atoms with E-state index >= 15 is 0 Å². The zero-order valence-corrected chi connectivity index (χ0v) is 15.8. The Labute approximate surface area is 162 Å². The van der Waals surface area contributed by atoms with Gasteiger partial charge in [-0.1, -0.05) is 0 Å². The summed E-state index contributed by atoms with van der Waals surface area (Å²) in [6, 6.07) is 5.29. The molecule has 0 saturated carbocycles. The van der Waals surface area contributed by atoms with Gasteiger partial charge in [0.2, 0.25) is 5.88 Å². The maximum absolute atomic E-state index is 6.72. The molecular weight excluding hydrogens is 362 g/mol. The van der Waals surface area contributed by atoms with Gasteiger partial charge in [0.05, 0.1) is 45.1 Å². The zero-order valence-electron chi connectivity index (χ0n) is 15.8. The van der Waals surface area contributed by atoms with Crippen molar-refractivity contribution in [1.82, 2.24) is 9.97 Å². The number of morpholine rings is 1. The van der Waals surface area contributed by atoms with Gasteiger partial charge in [0.25, 0.3) is 0 Å². The largest absolute Gasteiger partial charge is 0.495 e. The average molecular weight is 385 g/mol. The van der Waals surface area contributed by atoms with E-state index in [-0.39, 0.29) is 0 Å². The van der Waals surface area contributed by atoms with E-state index in [2.05, 4.69) is 20.2 Å². The molecule has 0 amide bonds. The molecule has 1 atom stereocenters.